The highest BCUT2D eigenvalue weighted by atomic mass is 35.5. The van der Waals surface area contributed by atoms with Crippen LogP contribution in [0, 0.1) is 5.92 Å². The molecular formula is C23H26Cl2N2O3S. The predicted molar refractivity (Wildman–Crippen MR) is 124 cm³/mol. The maximum atomic E-state index is 13.3. The number of amides is 1. The average Bonchev–Trinajstić information content (AvgIpc) is 3.25. The lowest BCUT2D eigenvalue weighted by atomic mass is 9.95. The fraction of sp³-hybridized carbons (Fsp3) is 0.435. The minimum absolute atomic E-state index is 0.00195. The van der Waals surface area contributed by atoms with Crippen LogP contribution in [0.4, 0.5) is 0 Å². The molecule has 0 aromatic heterocycles. The summed E-state index contributed by atoms with van der Waals surface area (Å²) in [6.07, 6.45) is 2.95. The first-order valence-electron chi connectivity index (χ1n) is 10.6. The predicted octanol–water partition coefficient (Wildman–Crippen LogP) is 4.90. The largest absolute Gasteiger partial charge is 0.335 e. The van der Waals surface area contributed by atoms with E-state index in [1.54, 1.807) is 6.07 Å². The molecule has 2 aromatic rings. The first-order chi connectivity index (χ1) is 14.8. The number of sulfonamides is 1. The molecule has 166 valence electrons. The fourth-order valence-electron chi connectivity index (χ4n) is 4.59. The number of piperidine rings is 1. The molecular weight excluding hydrogens is 455 g/mol. The van der Waals surface area contributed by atoms with Crippen molar-refractivity contribution < 1.29 is 13.2 Å². The van der Waals surface area contributed by atoms with Crippen molar-refractivity contribution >= 4 is 39.1 Å². The molecule has 0 aliphatic carbocycles. The molecule has 2 saturated heterocycles. The average molecular weight is 481 g/mol. The van der Waals surface area contributed by atoms with Crippen LogP contribution in [0.25, 0.3) is 0 Å². The molecule has 0 radical (unpaired) electrons. The Morgan fingerprint density at radius 3 is 2.32 bits per heavy atom. The second kappa shape index (κ2) is 9.49. The second-order valence-corrected chi connectivity index (χ2v) is 11.1. The molecule has 2 aliphatic heterocycles. The number of rotatable bonds is 5. The lowest BCUT2D eigenvalue weighted by Gasteiger charge is -2.34. The number of hydrogen-bond acceptors (Lipinski definition) is 3. The Hall–Kier alpha value is -1.60. The molecule has 2 heterocycles. The van der Waals surface area contributed by atoms with E-state index >= 15 is 0 Å². The van der Waals surface area contributed by atoms with Crippen LogP contribution in [-0.4, -0.2) is 43.2 Å². The topological polar surface area (TPSA) is 57.7 Å². The highest BCUT2D eigenvalue weighted by molar-refractivity contribution is 7.88. The van der Waals surface area contributed by atoms with Gasteiger partial charge in [0, 0.05) is 25.6 Å². The van der Waals surface area contributed by atoms with Crippen LogP contribution >= 0.6 is 23.2 Å². The second-order valence-electron chi connectivity index (χ2n) is 8.28. The zero-order valence-corrected chi connectivity index (χ0v) is 19.5. The zero-order valence-electron chi connectivity index (χ0n) is 17.2. The third-order valence-corrected chi connectivity index (χ3v) is 8.84. The van der Waals surface area contributed by atoms with Gasteiger partial charge in [-0.05, 0) is 48.9 Å². The van der Waals surface area contributed by atoms with E-state index in [9.17, 15) is 13.2 Å². The van der Waals surface area contributed by atoms with Crippen molar-refractivity contribution in [2.24, 2.45) is 5.92 Å². The standard InChI is InChI=1S/C23H26Cl2N2O3S/c24-20-9-8-19(15-21(20)25)22-7-4-12-27(22)23(28)18-10-13-26(14-11-18)31(29,30)16-17-5-2-1-3-6-17/h1-3,5-6,8-9,15,18,22H,4,7,10-14,16H2. The van der Waals surface area contributed by atoms with Gasteiger partial charge >= 0.3 is 0 Å². The van der Waals surface area contributed by atoms with Crippen molar-refractivity contribution in [1.29, 1.82) is 0 Å². The van der Waals surface area contributed by atoms with Crippen molar-refractivity contribution in [1.82, 2.24) is 9.21 Å². The lowest BCUT2D eigenvalue weighted by molar-refractivity contribution is -0.137. The number of carbonyl (C=O) groups excluding carboxylic acids is 1. The maximum Gasteiger partial charge on any atom is 0.226 e. The van der Waals surface area contributed by atoms with Gasteiger partial charge in [0.15, 0.2) is 0 Å². The van der Waals surface area contributed by atoms with Gasteiger partial charge in [0.1, 0.15) is 0 Å². The smallest absolute Gasteiger partial charge is 0.226 e. The third-order valence-electron chi connectivity index (χ3n) is 6.25. The van der Waals surface area contributed by atoms with E-state index in [1.807, 2.05) is 47.4 Å². The van der Waals surface area contributed by atoms with E-state index in [2.05, 4.69) is 0 Å². The van der Waals surface area contributed by atoms with E-state index in [0.717, 1.165) is 30.5 Å². The third kappa shape index (κ3) is 5.08. The minimum Gasteiger partial charge on any atom is -0.335 e. The van der Waals surface area contributed by atoms with E-state index in [1.165, 1.54) is 4.31 Å². The highest BCUT2D eigenvalue weighted by Gasteiger charge is 2.37. The lowest BCUT2D eigenvalue weighted by Crippen LogP contribution is -2.44. The normalized spacial score (nSPS) is 20.8. The van der Waals surface area contributed by atoms with Gasteiger partial charge in [-0.2, -0.15) is 0 Å². The number of benzene rings is 2. The van der Waals surface area contributed by atoms with E-state index in [4.69, 9.17) is 23.2 Å². The molecule has 0 N–H and O–H groups in total. The Morgan fingerprint density at radius 1 is 0.935 bits per heavy atom. The summed E-state index contributed by atoms with van der Waals surface area (Å²) in [5, 5.41) is 1.00. The molecule has 1 unspecified atom stereocenters. The van der Waals surface area contributed by atoms with Crippen molar-refractivity contribution in [3.8, 4) is 0 Å². The Morgan fingerprint density at radius 2 is 1.65 bits per heavy atom. The molecule has 0 bridgehead atoms. The number of halogens is 2. The van der Waals surface area contributed by atoms with Gasteiger partial charge in [-0.25, -0.2) is 12.7 Å². The number of nitrogens with zero attached hydrogens (tertiary/aromatic N) is 2. The number of hydrogen-bond donors (Lipinski definition) is 0. The van der Waals surface area contributed by atoms with Gasteiger partial charge in [0.25, 0.3) is 0 Å². The summed E-state index contributed by atoms with van der Waals surface area (Å²) in [4.78, 5) is 15.2. The van der Waals surface area contributed by atoms with Gasteiger partial charge in [-0.1, -0.05) is 59.6 Å². The van der Waals surface area contributed by atoms with Crippen molar-refractivity contribution in [3.63, 3.8) is 0 Å². The summed E-state index contributed by atoms with van der Waals surface area (Å²) in [6, 6.07) is 14.8. The maximum absolute atomic E-state index is 13.3. The van der Waals surface area contributed by atoms with Crippen molar-refractivity contribution in [2.45, 2.75) is 37.5 Å². The molecule has 0 spiro atoms. The number of likely N-dealkylation sites (tertiary alicyclic amines) is 1. The molecule has 1 amide bonds. The highest BCUT2D eigenvalue weighted by Crippen LogP contribution is 2.37. The molecule has 8 heteroatoms. The zero-order chi connectivity index (χ0) is 22.0. The summed E-state index contributed by atoms with van der Waals surface area (Å²) in [5.74, 6) is -0.0296. The SMILES string of the molecule is O=C(C1CCN(S(=O)(=O)Cc2ccccc2)CC1)N1CCCC1c1ccc(Cl)c(Cl)c1. The van der Waals surface area contributed by atoms with Gasteiger partial charge in [0.05, 0.1) is 21.8 Å². The van der Waals surface area contributed by atoms with E-state index in [0.29, 0.717) is 36.0 Å². The molecule has 2 aliphatic rings. The van der Waals surface area contributed by atoms with Crippen LogP contribution in [0.15, 0.2) is 48.5 Å². The molecule has 2 fully saturated rings. The summed E-state index contributed by atoms with van der Waals surface area (Å²) in [5.41, 5.74) is 1.78. The van der Waals surface area contributed by atoms with Crippen LogP contribution in [0.3, 0.4) is 0 Å². The Kier molecular flexibility index (Phi) is 6.92. The Bertz CT molecular complexity index is 1040. The number of carbonyl (C=O) groups is 1. The summed E-state index contributed by atoms with van der Waals surface area (Å²) >= 11 is 12.2. The van der Waals surface area contributed by atoms with E-state index in [-0.39, 0.29) is 23.6 Å². The molecule has 5 nitrogen and oxygen atoms in total. The Labute approximate surface area is 194 Å². The minimum atomic E-state index is -3.39. The van der Waals surface area contributed by atoms with Crippen LogP contribution in [0.2, 0.25) is 10.0 Å². The van der Waals surface area contributed by atoms with Gasteiger partial charge in [0.2, 0.25) is 15.9 Å². The first-order valence-corrected chi connectivity index (χ1v) is 13.0. The van der Waals surface area contributed by atoms with E-state index < -0.39 is 10.0 Å². The van der Waals surface area contributed by atoms with Gasteiger partial charge in [-0.15, -0.1) is 0 Å². The summed E-state index contributed by atoms with van der Waals surface area (Å²) < 4.78 is 27.1. The fourth-order valence-corrected chi connectivity index (χ4v) is 6.46. The van der Waals surface area contributed by atoms with Crippen LogP contribution in [0.1, 0.15) is 42.9 Å². The summed E-state index contributed by atoms with van der Waals surface area (Å²) in [6.45, 7) is 1.49. The van der Waals surface area contributed by atoms with Gasteiger partial charge < -0.3 is 4.90 Å². The monoisotopic (exact) mass is 480 g/mol. The molecule has 0 saturated carbocycles. The van der Waals surface area contributed by atoms with Crippen LogP contribution in [0.5, 0.6) is 0 Å². The molecule has 4 rings (SSSR count). The van der Waals surface area contributed by atoms with Gasteiger partial charge in [-0.3, -0.25) is 4.79 Å². The summed E-state index contributed by atoms with van der Waals surface area (Å²) in [7, 11) is -3.39. The van der Waals surface area contributed by atoms with Crippen molar-refractivity contribution in [3.05, 3.63) is 69.7 Å². The van der Waals surface area contributed by atoms with Crippen molar-refractivity contribution in [2.75, 3.05) is 19.6 Å². The first kappa shape index (κ1) is 22.6. The molecule has 1 atom stereocenters. The Balaban J connectivity index is 1.39. The molecule has 2 aromatic carbocycles. The molecule has 31 heavy (non-hydrogen) atoms. The quantitative estimate of drug-likeness (QED) is 0.611. The van der Waals surface area contributed by atoms with Crippen LogP contribution in [-0.2, 0) is 20.6 Å². The van der Waals surface area contributed by atoms with Crippen LogP contribution < -0.4 is 0 Å².